The van der Waals surface area contributed by atoms with E-state index >= 15 is 0 Å². The van der Waals surface area contributed by atoms with Gasteiger partial charge in [0.15, 0.2) is 0 Å². The molecule has 0 aliphatic rings. The minimum atomic E-state index is 0.0191. The lowest BCUT2D eigenvalue weighted by atomic mass is 10.1. The van der Waals surface area contributed by atoms with Crippen molar-refractivity contribution in [2.45, 2.75) is 25.9 Å². The number of hydrogen-bond donors (Lipinski definition) is 1. The molecule has 1 aromatic carbocycles. The average molecular weight is 290 g/mol. The molecule has 0 saturated carbocycles. The summed E-state index contributed by atoms with van der Waals surface area (Å²) < 4.78 is 0. The topological polar surface area (TPSA) is 42.1 Å². The van der Waals surface area contributed by atoms with Gasteiger partial charge in [-0.2, -0.15) is 0 Å². The van der Waals surface area contributed by atoms with Crippen LogP contribution in [-0.4, -0.2) is 12.0 Å². The smallest absolute Gasteiger partial charge is 0.0572 e. The van der Waals surface area contributed by atoms with Crippen molar-refractivity contribution < 1.29 is 0 Å². The van der Waals surface area contributed by atoms with E-state index in [0.29, 0.717) is 0 Å². The molecule has 2 rings (SSSR count). The lowest BCUT2D eigenvalue weighted by Crippen LogP contribution is -2.17. The van der Waals surface area contributed by atoms with Crippen molar-refractivity contribution in [1.29, 1.82) is 0 Å². The molecule has 0 unspecified atom stereocenters. The van der Waals surface area contributed by atoms with Crippen LogP contribution in [0.4, 0.5) is 5.69 Å². The molecule has 0 aliphatic carbocycles. The minimum Gasteiger partial charge on any atom is -0.369 e. The van der Waals surface area contributed by atoms with E-state index in [1.165, 1.54) is 5.56 Å². The van der Waals surface area contributed by atoms with Crippen molar-refractivity contribution >= 4 is 17.3 Å². The third-order valence-corrected chi connectivity index (χ3v) is 3.62. The Morgan fingerprint density at radius 1 is 1.20 bits per heavy atom. The SMILES string of the molecule is CC[C@@H](N)c1ccc(N(C)Cc2ccc(Cl)cc2)cn1. The summed E-state index contributed by atoms with van der Waals surface area (Å²) in [5.74, 6) is 0. The fourth-order valence-electron chi connectivity index (χ4n) is 2.01. The Balaban J connectivity index is 2.05. The predicted octanol–water partition coefficient (Wildman–Crippen LogP) is 3.78. The molecule has 106 valence electrons. The molecule has 0 fully saturated rings. The van der Waals surface area contributed by atoms with Gasteiger partial charge in [-0.15, -0.1) is 0 Å². The molecule has 2 aromatic rings. The van der Waals surface area contributed by atoms with Gasteiger partial charge < -0.3 is 10.6 Å². The number of anilines is 1. The van der Waals surface area contributed by atoms with Gasteiger partial charge in [-0.25, -0.2) is 0 Å². The number of aromatic nitrogens is 1. The molecule has 1 atom stereocenters. The van der Waals surface area contributed by atoms with Gasteiger partial charge in [-0.05, 0) is 36.2 Å². The van der Waals surface area contributed by atoms with Crippen molar-refractivity contribution in [1.82, 2.24) is 4.98 Å². The van der Waals surface area contributed by atoms with Crippen LogP contribution in [0.2, 0.25) is 5.02 Å². The molecule has 0 bridgehead atoms. The molecular weight excluding hydrogens is 270 g/mol. The van der Waals surface area contributed by atoms with Crippen LogP contribution in [0.5, 0.6) is 0 Å². The molecular formula is C16H20ClN3. The summed E-state index contributed by atoms with van der Waals surface area (Å²) in [6.07, 6.45) is 2.77. The van der Waals surface area contributed by atoms with Crippen molar-refractivity contribution in [2.75, 3.05) is 11.9 Å². The highest BCUT2D eigenvalue weighted by Crippen LogP contribution is 2.18. The van der Waals surface area contributed by atoms with Crippen LogP contribution in [0.3, 0.4) is 0 Å². The number of nitrogens with zero attached hydrogens (tertiary/aromatic N) is 2. The monoisotopic (exact) mass is 289 g/mol. The second kappa shape index (κ2) is 6.73. The minimum absolute atomic E-state index is 0.0191. The highest BCUT2D eigenvalue weighted by atomic mass is 35.5. The molecule has 0 spiro atoms. The molecule has 0 aliphatic heterocycles. The van der Waals surface area contributed by atoms with E-state index in [1.54, 1.807) is 0 Å². The van der Waals surface area contributed by atoms with Gasteiger partial charge in [0.05, 0.1) is 17.6 Å². The van der Waals surface area contributed by atoms with Gasteiger partial charge in [0, 0.05) is 24.7 Å². The number of pyridine rings is 1. The Morgan fingerprint density at radius 2 is 1.90 bits per heavy atom. The van der Waals surface area contributed by atoms with Crippen LogP contribution in [-0.2, 0) is 6.54 Å². The van der Waals surface area contributed by atoms with Gasteiger partial charge in [-0.3, -0.25) is 4.98 Å². The number of rotatable bonds is 5. The maximum atomic E-state index is 5.97. The van der Waals surface area contributed by atoms with E-state index in [0.717, 1.165) is 29.4 Å². The fraction of sp³-hybridized carbons (Fsp3) is 0.312. The summed E-state index contributed by atoms with van der Waals surface area (Å²) in [5.41, 5.74) is 9.20. The lowest BCUT2D eigenvalue weighted by Gasteiger charge is -2.20. The molecule has 0 radical (unpaired) electrons. The summed E-state index contributed by atoms with van der Waals surface area (Å²) >= 11 is 5.89. The summed E-state index contributed by atoms with van der Waals surface area (Å²) in [5, 5.41) is 0.760. The zero-order valence-electron chi connectivity index (χ0n) is 11.9. The van der Waals surface area contributed by atoms with Crippen molar-refractivity contribution in [3.63, 3.8) is 0 Å². The van der Waals surface area contributed by atoms with Gasteiger partial charge in [0.25, 0.3) is 0 Å². The largest absolute Gasteiger partial charge is 0.369 e. The first-order chi connectivity index (χ1) is 9.60. The fourth-order valence-corrected chi connectivity index (χ4v) is 2.13. The molecule has 0 saturated heterocycles. The van der Waals surface area contributed by atoms with Crippen molar-refractivity contribution in [3.05, 3.63) is 58.9 Å². The third-order valence-electron chi connectivity index (χ3n) is 3.36. The van der Waals surface area contributed by atoms with Crippen LogP contribution in [0.1, 0.15) is 30.6 Å². The number of hydrogen-bond acceptors (Lipinski definition) is 3. The number of benzene rings is 1. The third kappa shape index (κ3) is 3.71. The van der Waals surface area contributed by atoms with E-state index < -0.39 is 0 Å². The first-order valence-corrected chi connectivity index (χ1v) is 7.15. The summed E-state index contributed by atoms with van der Waals surface area (Å²) in [4.78, 5) is 6.59. The van der Waals surface area contributed by atoms with Crippen molar-refractivity contribution in [3.8, 4) is 0 Å². The molecule has 0 amide bonds. The normalized spacial score (nSPS) is 12.2. The first kappa shape index (κ1) is 14.8. The number of nitrogens with two attached hydrogens (primary N) is 1. The van der Waals surface area contributed by atoms with Crippen LogP contribution in [0.15, 0.2) is 42.6 Å². The Hall–Kier alpha value is -1.58. The number of halogens is 1. The molecule has 20 heavy (non-hydrogen) atoms. The van der Waals surface area contributed by atoms with E-state index in [9.17, 15) is 0 Å². The second-order valence-corrected chi connectivity index (χ2v) is 5.37. The van der Waals surface area contributed by atoms with Crippen LogP contribution >= 0.6 is 11.6 Å². The summed E-state index contributed by atoms with van der Waals surface area (Å²) in [6.45, 7) is 2.88. The first-order valence-electron chi connectivity index (χ1n) is 6.77. The summed E-state index contributed by atoms with van der Waals surface area (Å²) in [7, 11) is 2.05. The van der Waals surface area contributed by atoms with E-state index in [2.05, 4.69) is 22.9 Å². The van der Waals surface area contributed by atoms with Gasteiger partial charge in [-0.1, -0.05) is 30.7 Å². The van der Waals surface area contributed by atoms with E-state index in [4.69, 9.17) is 17.3 Å². The Kier molecular flexibility index (Phi) is 4.99. The van der Waals surface area contributed by atoms with E-state index in [-0.39, 0.29) is 6.04 Å². The highest BCUT2D eigenvalue weighted by molar-refractivity contribution is 6.30. The van der Waals surface area contributed by atoms with E-state index in [1.807, 2.05) is 43.6 Å². The second-order valence-electron chi connectivity index (χ2n) is 4.94. The summed E-state index contributed by atoms with van der Waals surface area (Å²) in [6, 6.07) is 12.0. The maximum Gasteiger partial charge on any atom is 0.0572 e. The lowest BCUT2D eigenvalue weighted by molar-refractivity contribution is 0.675. The highest BCUT2D eigenvalue weighted by Gasteiger charge is 2.07. The Labute approximate surface area is 125 Å². The average Bonchev–Trinajstić information content (AvgIpc) is 2.49. The molecule has 1 aromatic heterocycles. The van der Waals surface area contributed by atoms with Gasteiger partial charge in [0.2, 0.25) is 0 Å². The van der Waals surface area contributed by atoms with Crippen molar-refractivity contribution in [2.24, 2.45) is 5.73 Å². The predicted molar refractivity (Wildman–Crippen MR) is 85.0 cm³/mol. The quantitative estimate of drug-likeness (QED) is 0.911. The molecule has 3 nitrogen and oxygen atoms in total. The standard InChI is InChI=1S/C16H20ClN3/c1-3-15(18)16-9-8-14(10-19-16)20(2)11-12-4-6-13(17)7-5-12/h4-10,15H,3,11,18H2,1-2H3/t15-/m1/s1. The van der Waals surface area contributed by atoms with Crippen LogP contribution in [0.25, 0.3) is 0 Å². The van der Waals surface area contributed by atoms with Crippen LogP contribution in [0, 0.1) is 0 Å². The Bertz CT molecular complexity index is 537. The zero-order valence-corrected chi connectivity index (χ0v) is 12.6. The zero-order chi connectivity index (χ0) is 14.5. The maximum absolute atomic E-state index is 5.97. The van der Waals surface area contributed by atoms with Gasteiger partial charge in [0.1, 0.15) is 0 Å². The van der Waals surface area contributed by atoms with Gasteiger partial charge >= 0.3 is 0 Å². The molecule has 2 N–H and O–H groups in total. The Morgan fingerprint density at radius 3 is 2.45 bits per heavy atom. The molecule has 4 heteroatoms. The molecule has 1 heterocycles. The van der Waals surface area contributed by atoms with Crippen LogP contribution < -0.4 is 10.6 Å².